The standard InChI is InChI=1S/C22H27N3O3/c1-4-25(5-2)22(28)18-12-9-13-19(14-18)24-21(27)15-20(23-16(3)26)17-10-7-6-8-11-17/h6-14,20H,4-5,15H2,1-3H3,(H,23,26)(H,24,27). The highest BCUT2D eigenvalue weighted by Crippen LogP contribution is 2.19. The summed E-state index contributed by atoms with van der Waals surface area (Å²) >= 11 is 0. The molecule has 6 nitrogen and oxygen atoms in total. The van der Waals surface area contributed by atoms with Gasteiger partial charge >= 0.3 is 0 Å². The average molecular weight is 381 g/mol. The van der Waals surface area contributed by atoms with Gasteiger partial charge in [-0.3, -0.25) is 14.4 Å². The Morgan fingerprint density at radius 2 is 1.64 bits per heavy atom. The highest BCUT2D eigenvalue weighted by atomic mass is 16.2. The van der Waals surface area contributed by atoms with E-state index in [1.807, 2.05) is 44.2 Å². The van der Waals surface area contributed by atoms with Crippen LogP contribution >= 0.6 is 0 Å². The first-order valence-electron chi connectivity index (χ1n) is 9.45. The van der Waals surface area contributed by atoms with E-state index in [-0.39, 0.29) is 24.1 Å². The van der Waals surface area contributed by atoms with Crippen molar-refractivity contribution in [2.45, 2.75) is 33.2 Å². The van der Waals surface area contributed by atoms with Gasteiger partial charge in [-0.2, -0.15) is 0 Å². The Morgan fingerprint density at radius 3 is 2.25 bits per heavy atom. The minimum absolute atomic E-state index is 0.0680. The van der Waals surface area contributed by atoms with E-state index in [0.717, 1.165) is 5.56 Å². The van der Waals surface area contributed by atoms with Gasteiger partial charge < -0.3 is 15.5 Å². The number of anilines is 1. The molecule has 28 heavy (non-hydrogen) atoms. The minimum Gasteiger partial charge on any atom is -0.349 e. The predicted octanol–water partition coefficient (Wildman–Crippen LogP) is 3.37. The molecule has 148 valence electrons. The quantitative estimate of drug-likeness (QED) is 0.736. The van der Waals surface area contributed by atoms with Crippen LogP contribution in [0, 0.1) is 0 Å². The molecular weight excluding hydrogens is 354 g/mol. The molecule has 0 aliphatic rings. The van der Waals surface area contributed by atoms with E-state index in [4.69, 9.17) is 0 Å². The first-order valence-corrected chi connectivity index (χ1v) is 9.45. The number of carbonyl (C=O) groups is 3. The SMILES string of the molecule is CCN(CC)C(=O)c1cccc(NC(=O)CC(NC(C)=O)c2ccccc2)c1. The summed E-state index contributed by atoms with van der Waals surface area (Å²) in [6.07, 6.45) is 0.0951. The molecule has 0 heterocycles. The lowest BCUT2D eigenvalue weighted by Gasteiger charge is -2.20. The molecule has 1 unspecified atom stereocenters. The number of amides is 3. The van der Waals surface area contributed by atoms with Crippen molar-refractivity contribution in [3.63, 3.8) is 0 Å². The van der Waals surface area contributed by atoms with E-state index >= 15 is 0 Å². The van der Waals surface area contributed by atoms with Crippen molar-refractivity contribution in [1.29, 1.82) is 0 Å². The van der Waals surface area contributed by atoms with Crippen LogP contribution in [-0.4, -0.2) is 35.7 Å². The van der Waals surface area contributed by atoms with Crippen LogP contribution in [0.1, 0.15) is 49.2 Å². The number of nitrogens with zero attached hydrogens (tertiary/aromatic N) is 1. The first-order chi connectivity index (χ1) is 13.4. The summed E-state index contributed by atoms with van der Waals surface area (Å²) in [5, 5.41) is 5.64. The number of hydrogen-bond acceptors (Lipinski definition) is 3. The number of hydrogen-bond donors (Lipinski definition) is 2. The van der Waals surface area contributed by atoms with E-state index in [0.29, 0.717) is 24.3 Å². The van der Waals surface area contributed by atoms with Crippen LogP contribution in [0.4, 0.5) is 5.69 Å². The van der Waals surface area contributed by atoms with E-state index in [1.165, 1.54) is 6.92 Å². The van der Waals surface area contributed by atoms with E-state index in [9.17, 15) is 14.4 Å². The van der Waals surface area contributed by atoms with Gasteiger partial charge in [0.15, 0.2) is 0 Å². The molecule has 0 saturated carbocycles. The highest BCUT2D eigenvalue weighted by Gasteiger charge is 2.18. The molecule has 2 rings (SSSR count). The van der Waals surface area contributed by atoms with Gasteiger partial charge in [0, 0.05) is 31.3 Å². The van der Waals surface area contributed by atoms with Gasteiger partial charge in [0.1, 0.15) is 0 Å². The van der Waals surface area contributed by atoms with E-state index in [2.05, 4.69) is 10.6 Å². The fraction of sp³-hybridized carbons (Fsp3) is 0.318. The van der Waals surface area contributed by atoms with Crippen molar-refractivity contribution in [2.24, 2.45) is 0 Å². The topological polar surface area (TPSA) is 78.5 Å². The zero-order valence-corrected chi connectivity index (χ0v) is 16.6. The second-order valence-corrected chi connectivity index (χ2v) is 6.47. The summed E-state index contributed by atoms with van der Waals surface area (Å²) in [4.78, 5) is 38.3. The average Bonchev–Trinajstić information content (AvgIpc) is 2.69. The smallest absolute Gasteiger partial charge is 0.253 e. The van der Waals surface area contributed by atoms with Gasteiger partial charge in [-0.05, 0) is 37.6 Å². The molecule has 3 amide bonds. The summed E-state index contributed by atoms with van der Waals surface area (Å²) in [5.41, 5.74) is 1.94. The molecule has 2 aromatic carbocycles. The minimum atomic E-state index is -0.417. The van der Waals surface area contributed by atoms with Crippen LogP contribution in [0.25, 0.3) is 0 Å². The molecule has 0 aromatic heterocycles. The largest absolute Gasteiger partial charge is 0.349 e. The summed E-state index contributed by atoms with van der Waals surface area (Å²) in [5.74, 6) is -0.509. The van der Waals surface area contributed by atoms with Crippen molar-refractivity contribution >= 4 is 23.4 Å². The van der Waals surface area contributed by atoms with Crippen LogP contribution in [0.3, 0.4) is 0 Å². The Morgan fingerprint density at radius 1 is 0.964 bits per heavy atom. The predicted molar refractivity (Wildman–Crippen MR) is 110 cm³/mol. The van der Waals surface area contributed by atoms with Crippen LogP contribution in [0.15, 0.2) is 54.6 Å². The molecule has 1 atom stereocenters. The van der Waals surface area contributed by atoms with Crippen molar-refractivity contribution in [3.8, 4) is 0 Å². The summed E-state index contributed by atoms with van der Waals surface area (Å²) in [7, 11) is 0. The summed E-state index contributed by atoms with van der Waals surface area (Å²) in [6, 6.07) is 15.8. The van der Waals surface area contributed by atoms with Crippen LogP contribution < -0.4 is 10.6 Å². The normalized spacial score (nSPS) is 11.4. The molecular formula is C22H27N3O3. The maximum atomic E-state index is 12.5. The Kier molecular flexibility index (Phi) is 7.75. The highest BCUT2D eigenvalue weighted by molar-refractivity contribution is 5.97. The molecule has 0 saturated heterocycles. The third-order valence-corrected chi connectivity index (χ3v) is 4.41. The molecule has 0 fully saturated rings. The molecule has 2 aromatic rings. The Labute approximate surface area is 165 Å². The number of rotatable bonds is 8. The number of nitrogens with one attached hydrogen (secondary N) is 2. The maximum absolute atomic E-state index is 12.5. The second-order valence-electron chi connectivity index (χ2n) is 6.47. The molecule has 2 N–H and O–H groups in total. The maximum Gasteiger partial charge on any atom is 0.253 e. The van der Waals surface area contributed by atoms with Gasteiger partial charge in [0.05, 0.1) is 12.5 Å². The molecule has 0 aliphatic carbocycles. The lowest BCUT2D eigenvalue weighted by Crippen LogP contribution is -2.31. The molecule has 0 aliphatic heterocycles. The van der Waals surface area contributed by atoms with E-state index < -0.39 is 6.04 Å². The third-order valence-electron chi connectivity index (χ3n) is 4.41. The Bertz CT molecular complexity index is 817. The second kappa shape index (κ2) is 10.3. The van der Waals surface area contributed by atoms with Gasteiger partial charge in [0.2, 0.25) is 11.8 Å². The molecule has 0 spiro atoms. The molecule has 0 bridgehead atoms. The van der Waals surface area contributed by atoms with Crippen molar-refractivity contribution in [2.75, 3.05) is 18.4 Å². The lowest BCUT2D eigenvalue weighted by atomic mass is 10.0. The Balaban J connectivity index is 2.10. The van der Waals surface area contributed by atoms with Crippen molar-refractivity contribution < 1.29 is 14.4 Å². The first kappa shape index (κ1) is 21.2. The van der Waals surface area contributed by atoms with Crippen LogP contribution in [-0.2, 0) is 9.59 Å². The van der Waals surface area contributed by atoms with Crippen LogP contribution in [0.5, 0.6) is 0 Å². The van der Waals surface area contributed by atoms with Crippen LogP contribution in [0.2, 0.25) is 0 Å². The Hall–Kier alpha value is -3.15. The summed E-state index contributed by atoms with van der Waals surface area (Å²) in [6.45, 7) is 6.54. The third kappa shape index (κ3) is 5.94. The van der Waals surface area contributed by atoms with Gasteiger partial charge in [0.25, 0.3) is 5.91 Å². The summed E-state index contributed by atoms with van der Waals surface area (Å²) < 4.78 is 0. The van der Waals surface area contributed by atoms with E-state index in [1.54, 1.807) is 29.2 Å². The number of carbonyl (C=O) groups excluding carboxylic acids is 3. The van der Waals surface area contributed by atoms with Gasteiger partial charge in [-0.15, -0.1) is 0 Å². The number of benzene rings is 2. The zero-order chi connectivity index (χ0) is 20.5. The zero-order valence-electron chi connectivity index (χ0n) is 16.6. The lowest BCUT2D eigenvalue weighted by molar-refractivity contribution is -0.120. The molecule has 6 heteroatoms. The van der Waals surface area contributed by atoms with Crippen molar-refractivity contribution in [3.05, 3.63) is 65.7 Å². The van der Waals surface area contributed by atoms with Crippen molar-refractivity contribution in [1.82, 2.24) is 10.2 Å². The molecule has 0 radical (unpaired) electrons. The van der Waals surface area contributed by atoms with Gasteiger partial charge in [-0.1, -0.05) is 36.4 Å². The monoisotopic (exact) mass is 381 g/mol. The fourth-order valence-corrected chi connectivity index (χ4v) is 3.00. The fourth-order valence-electron chi connectivity index (χ4n) is 3.00. The van der Waals surface area contributed by atoms with Gasteiger partial charge in [-0.25, -0.2) is 0 Å².